The van der Waals surface area contributed by atoms with Crippen LogP contribution >= 0.6 is 0 Å². The molecule has 0 saturated carbocycles. The van der Waals surface area contributed by atoms with Crippen molar-refractivity contribution < 1.29 is 0 Å². The molecule has 0 amide bonds. The second-order valence-corrected chi connectivity index (χ2v) is 24.2. The molecule has 0 spiro atoms. The molecule has 332 valence electrons. The van der Waals surface area contributed by atoms with Gasteiger partial charge in [0.15, 0.2) is 0 Å². The SMILES string of the molecule is Cc1cccc(C)c1-c1cc2c3c(c1)N(c1cccc4c1-c1ccccc1C4(C)C)c1cc4c(cc1B3c1ccc(C(C)(C)C)cc1N2c1cccc(C(C)(C)C)c1)C(C)(C)CCC4(C)C. The minimum atomic E-state index is -0.136. The number of fused-ring (bicyclic) bond motifs is 8. The summed E-state index contributed by atoms with van der Waals surface area (Å²) < 4.78 is 0. The van der Waals surface area contributed by atoms with Crippen LogP contribution in [0.1, 0.15) is 140 Å². The molecule has 0 unspecified atom stereocenters. The fourth-order valence-corrected chi connectivity index (χ4v) is 12.5. The van der Waals surface area contributed by atoms with Crippen molar-refractivity contribution in [2.45, 2.75) is 137 Å². The van der Waals surface area contributed by atoms with E-state index in [4.69, 9.17) is 0 Å². The molecule has 7 aromatic carbocycles. The van der Waals surface area contributed by atoms with Crippen LogP contribution in [-0.2, 0) is 27.1 Å². The quantitative estimate of drug-likeness (QED) is 0.163. The van der Waals surface area contributed by atoms with Gasteiger partial charge in [-0.05, 0) is 168 Å². The van der Waals surface area contributed by atoms with Gasteiger partial charge < -0.3 is 9.80 Å². The van der Waals surface area contributed by atoms with Crippen LogP contribution in [-0.4, -0.2) is 6.71 Å². The van der Waals surface area contributed by atoms with Crippen molar-refractivity contribution in [3.63, 3.8) is 0 Å². The molecule has 66 heavy (non-hydrogen) atoms. The molecule has 0 saturated heterocycles. The van der Waals surface area contributed by atoms with Crippen LogP contribution in [0.15, 0.2) is 127 Å². The lowest BCUT2D eigenvalue weighted by molar-refractivity contribution is 0.332. The van der Waals surface area contributed by atoms with Crippen LogP contribution in [0.5, 0.6) is 0 Å². The maximum absolute atomic E-state index is 2.73. The smallest absolute Gasteiger partial charge is 0.252 e. The molecule has 0 aromatic heterocycles. The van der Waals surface area contributed by atoms with Crippen LogP contribution in [0, 0.1) is 13.8 Å². The predicted molar refractivity (Wildman–Crippen MR) is 286 cm³/mol. The van der Waals surface area contributed by atoms with Crippen LogP contribution in [0.4, 0.5) is 34.1 Å². The number of nitrogens with zero attached hydrogens (tertiary/aromatic N) is 2. The van der Waals surface area contributed by atoms with E-state index in [-0.39, 0.29) is 33.8 Å². The highest BCUT2D eigenvalue weighted by atomic mass is 15.2. The molecule has 7 aromatic rings. The summed E-state index contributed by atoms with van der Waals surface area (Å²) in [6.07, 6.45) is 2.33. The minimum absolute atomic E-state index is 0.0167. The molecule has 0 N–H and O–H groups in total. The van der Waals surface area contributed by atoms with E-state index in [0.29, 0.717) is 0 Å². The van der Waals surface area contributed by atoms with Crippen molar-refractivity contribution in [3.8, 4) is 22.3 Å². The van der Waals surface area contributed by atoms with Gasteiger partial charge in [-0.3, -0.25) is 0 Å². The molecule has 2 heterocycles. The Labute approximate surface area is 396 Å². The summed E-state index contributed by atoms with van der Waals surface area (Å²) >= 11 is 0. The number of rotatable bonds is 3. The number of benzene rings is 7. The van der Waals surface area contributed by atoms with Gasteiger partial charge in [0.1, 0.15) is 0 Å². The second-order valence-electron chi connectivity index (χ2n) is 24.2. The molecule has 3 heteroatoms. The summed E-state index contributed by atoms with van der Waals surface area (Å²) in [6.45, 7) is 33.5. The van der Waals surface area contributed by atoms with Crippen molar-refractivity contribution >= 4 is 57.2 Å². The van der Waals surface area contributed by atoms with Gasteiger partial charge in [-0.25, -0.2) is 0 Å². The highest BCUT2D eigenvalue weighted by Gasteiger charge is 2.48. The van der Waals surface area contributed by atoms with Crippen LogP contribution in [0.3, 0.4) is 0 Å². The van der Waals surface area contributed by atoms with Gasteiger partial charge in [-0.1, -0.05) is 168 Å². The lowest BCUT2D eigenvalue weighted by atomic mass is 9.33. The average Bonchev–Trinajstić information content (AvgIpc) is 3.50. The first-order valence-corrected chi connectivity index (χ1v) is 24.6. The molecule has 11 rings (SSSR count). The van der Waals surface area contributed by atoms with Gasteiger partial charge >= 0.3 is 0 Å². The molecular weight excluding hydrogens is 796 g/mol. The fraction of sp³-hybridized carbons (Fsp3) is 0.333. The van der Waals surface area contributed by atoms with Gasteiger partial charge in [-0.15, -0.1) is 0 Å². The van der Waals surface area contributed by atoms with Gasteiger partial charge in [0.05, 0.1) is 5.69 Å². The van der Waals surface area contributed by atoms with Gasteiger partial charge in [0, 0.05) is 39.4 Å². The summed E-state index contributed by atoms with van der Waals surface area (Å²) in [4.78, 5) is 5.38. The fourth-order valence-electron chi connectivity index (χ4n) is 12.5. The standard InChI is InChI=1S/C63H67BN2/c1-38-20-17-21-39(2)56(38)40-32-54-58-55(33-40)66(51-27-19-26-46-57(51)44-24-15-16-25-45(44)63(46,13)14)53-37-48-47(61(9,10)30-31-62(48,11)12)36-50(53)64(58)49-29-28-42(60(6,7)8)35-52(49)65(54)43-23-18-22-41(34-43)59(3,4)5/h15-29,32-37H,30-31H2,1-14H3. The van der Waals surface area contributed by atoms with E-state index in [1.165, 1.54) is 124 Å². The minimum Gasteiger partial charge on any atom is -0.311 e. The summed E-state index contributed by atoms with van der Waals surface area (Å²) in [6, 6.07) is 50.5. The summed E-state index contributed by atoms with van der Waals surface area (Å²) in [5.74, 6) is 0. The van der Waals surface area contributed by atoms with Crippen molar-refractivity contribution in [2.24, 2.45) is 0 Å². The number of aryl methyl sites for hydroxylation is 2. The zero-order valence-electron chi connectivity index (χ0n) is 42.0. The molecule has 0 fully saturated rings. The maximum atomic E-state index is 2.73. The normalized spacial score (nSPS) is 17.1. The van der Waals surface area contributed by atoms with E-state index in [2.05, 4.69) is 234 Å². The van der Waals surface area contributed by atoms with E-state index < -0.39 is 0 Å². The number of anilines is 6. The van der Waals surface area contributed by atoms with E-state index in [1.807, 2.05) is 0 Å². The first-order chi connectivity index (χ1) is 31.1. The summed E-state index contributed by atoms with van der Waals surface area (Å²) in [5, 5.41) is 0. The lowest BCUT2D eigenvalue weighted by Gasteiger charge is -2.48. The third-order valence-electron chi connectivity index (χ3n) is 16.5. The molecule has 2 nitrogen and oxygen atoms in total. The zero-order valence-corrected chi connectivity index (χ0v) is 42.0. The van der Waals surface area contributed by atoms with E-state index in [9.17, 15) is 0 Å². The van der Waals surface area contributed by atoms with E-state index in [0.717, 1.165) is 6.42 Å². The zero-order chi connectivity index (χ0) is 46.6. The monoisotopic (exact) mass is 863 g/mol. The highest BCUT2D eigenvalue weighted by molar-refractivity contribution is 7.00. The Bertz CT molecular complexity index is 3160. The van der Waals surface area contributed by atoms with Crippen molar-refractivity contribution in [1.29, 1.82) is 0 Å². The second kappa shape index (κ2) is 14.1. The molecule has 2 aliphatic carbocycles. The van der Waals surface area contributed by atoms with Crippen LogP contribution in [0.25, 0.3) is 22.3 Å². The molecular formula is C63H67BN2. The van der Waals surface area contributed by atoms with Gasteiger partial charge in [0.25, 0.3) is 6.71 Å². The highest BCUT2D eigenvalue weighted by Crippen LogP contribution is 2.57. The van der Waals surface area contributed by atoms with E-state index in [1.54, 1.807) is 0 Å². The van der Waals surface area contributed by atoms with E-state index >= 15 is 0 Å². The molecule has 4 aliphatic rings. The average molecular weight is 863 g/mol. The van der Waals surface area contributed by atoms with Crippen LogP contribution < -0.4 is 26.2 Å². The summed E-state index contributed by atoms with van der Waals surface area (Å²) in [5.41, 5.74) is 28.0. The topological polar surface area (TPSA) is 6.48 Å². The third kappa shape index (κ3) is 6.20. The first-order valence-electron chi connectivity index (χ1n) is 24.6. The largest absolute Gasteiger partial charge is 0.311 e. The Morgan fingerprint density at radius 2 is 1.03 bits per heavy atom. The molecule has 0 bridgehead atoms. The molecule has 2 aliphatic heterocycles. The molecule has 0 atom stereocenters. The Morgan fingerprint density at radius 1 is 0.455 bits per heavy atom. The maximum Gasteiger partial charge on any atom is 0.252 e. The Hall–Kier alpha value is -5.80. The number of hydrogen-bond donors (Lipinski definition) is 0. The number of hydrogen-bond acceptors (Lipinski definition) is 2. The predicted octanol–water partition coefficient (Wildman–Crippen LogP) is 15.3. The van der Waals surface area contributed by atoms with Gasteiger partial charge in [-0.2, -0.15) is 0 Å². The third-order valence-corrected chi connectivity index (χ3v) is 16.5. The lowest BCUT2D eigenvalue weighted by Crippen LogP contribution is -2.62. The van der Waals surface area contributed by atoms with Gasteiger partial charge in [0.2, 0.25) is 0 Å². The Balaban J connectivity index is 1.33. The molecule has 0 radical (unpaired) electrons. The van der Waals surface area contributed by atoms with Crippen molar-refractivity contribution in [2.75, 3.05) is 9.80 Å². The van der Waals surface area contributed by atoms with Crippen molar-refractivity contribution in [3.05, 3.63) is 172 Å². The van der Waals surface area contributed by atoms with Crippen molar-refractivity contribution in [1.82, 2.24) is 0 Å². The van der Waals surface area contributed by atoms with Crippen LogP contribution in [0.2, 0.25) is 0 Å². The Morgan fingerprint density at radius 3 is 1.71 bits per heavy atom. The Kier molecular flexibility index (Phi) is 9.16. The first kappa shape index (κ1) is 42.8. The summed E-state index contributed by atoms with van der Waals surface area (Å²) in [7, 11) is 0.